The zero-order valence-electron chi connectivity index (χ0n) is 16.9. The molecule has 2 N–H and O–H groups in total. The van der Waals surface area contributed by atoms with Gasteiger partial charge in [0, 0.05) is 12.1 Å². The maximum absolute atomic E-state index is 12.8. The van der Waals surface area contributed by atoms with Gasteiger partial charge in [-0.2, -0.15) is 0 Å². The molecule has 30 heavy (non-hydrogen) atoms. The highest BCUT2D eigenvalue weighted by atomic mass is 35.5. The van der Waals surface area contributed by atoms with E-state index in [1.54, 1.807) is 18.2 Å². The second-order valence-corrected chi connectivity index (χ2v) is 7.45. The van der Waals surface area contributed by atoms with Gasteiger partial charge in [0.05, 0.1) is 16.6 Å². The standard InChI is InChI=1S/C25H25ClN2O2/c1-2-21(19-11-7-4-8-12-19)25(30)28-23-17-20(13-14-22(23)26)24(29)27-16-15-18-9-5-3-6-10-18/h3-14,17,21H,2,15-16H2,1H3,(H,27,29)(H,28,30). The summed E-state index contributed by atoms with van der Waals surface area (Å²) in [5, 5.41) is 6.19. The molecule has 0 heterocycles. The van der Waals surface area contributed by atoms with Crippen LogP contribution in [0.15, 0.2) is 78.9 Å². The zero-order valence-corrected chi connectivity index (χ0v) is 17.7. The van der Waals surface area contributed by atoms with Crippen molar-refractivity contribution in [3.05, 3.63) is 101 Å². The highest BCUT2D eigenvalue weighted by molar-refractivity contribution is 6.34. The number of carbonyl (C=O) groups is 2. The van der Waals surface area contributed by atoms with Crippen molar-refractivity contribution in [2.45, 2.75) is 25.7 Å². The molecule has 0 saturated heterocycles. The molecule has 0 bridgehead atoms. The summed E-state index contributed by atoms with van der Waals surface area (Å²) in [6.07, 6.45) is 1.41. The average Bonchev–Trinajstić information content (AvgIpc) is 2.77. The van der Waals surface area contributed by atoms with Gasteiger partial charge in [0.2, 0.25) is 5.91 Å². The molecular formula is C25H25ClN2O2. The minimum Gasteiger partial charge on any atom is -0.352 e. The Kier molecular flexibility index (Phi) is 7.63. The smallest absolute Gasteiger partial charge is 0.251 e. The van der Waals surface area contributed by atoms with Crippen molar-refractivity contribution in [3.63, 3.8) is 0 Å². The van der Waals surface area contributed by atoms with Crippen molar-refractivity contribution < 1.29 is 9.59 Å². The molecule has 0 aliphatic heterocycles. The minimum absolute atomic E-state index is 0.146. The Balaban J connectivity index is 1.65. The second kappa shape index (κ2) is 10.6. The number of amides is 2. The third-order valence-corrected chi connectivity index (χ3v) is 5.28. The van der Waals surface area contributed by atoms with Gasteiger partial charge in [0.1, 0.15) is 0 Å². The molecule has 2 amide bonds. The second-order valence-electron chi connectivity index (χ2n) is 7.05. The Morgan fingerprint density at radius 2 is 1.60 bits per heavy atom. The van der Waals surface area contributed by atoms with Gasteiger partial charge in [-0.15, -0.1) is 0 Å². The van der Waals surface area contributed by atoms with Crippen molar-refractivity contribution >= 4 is 29.1 Å². The number of carbonyl (C=O) groups excluding carboxylic acids is 2. The molecule has 0 spiro atoms. The SMILES string of the molecule is CCC(C(=O)Nc1cc(C(=O)NCCc2ccccc2)ccc1Cl)c1ccccc1. The van der Waals surface area contributed by atoms with Gasteiger partial charge in [0.15, 0.2) is 0 Å². The lowest BCUT2D eigenvalue weighted by atomic mass is 9.95. The first-order chi connectivity index (χ1) is 14.6. The lowest BCUT2D eigenvalue weighted by Crippen LogP contribution is -2.26. The summed E-state index contributed by atoms with van der Waals surface area (Å²) in [7, 11) is 0. The molecule has 5 heteroatoms. The number of benzene rings is 3. The lowest BCUT2D eigenvalue weighted by Gasteiger charge is -2.16. The van der Waals surface area contributed by atoms with Gasteiger partial charge in [0.25, 0.3) is 5.91 Å². The van der Waals surface area contributed by atoms with E-state index < -0.39 is 0 Å². The molecule has 0 aliphatic rings. The Bertz CT molecular complexity index is 991. The summed E-state index contributed by atoms with van der Waals surface area (Å²) in [6.45, 7) is 2.49. The largest absolute Gasteiger partial charge is 0.352 e. The quantitative estimate of drug-likeness (QED) is 0.509. The van der Waals surface area contributed by atoms with E-state index in [4.69, 9.17) is 11.6 Å². The fraction of sp³-hybridized carbons (Fsp3) is 0.200. The Morgan fingerprint density at radius 1 is 0.933 bits per heavy atom. The number of hydrogen-bond donors (Lipinski definition) is 2. The fourth-order valence-electron chi connectivity index (χ4n) is 3.31. The lowest BCUT2D eigenvalue weighted by molar-refractivity contribution is -0.117. The molecule has 0 aliphatic carbocycles. The summed E-state index contributed by atoms with van der Waals surface area (Å²) >= 11 is 6.28. The number of anilines is 1. The molecule has 1 atom stereocenters. The molecule has 4 nitrogen and oxygen atoms in total. The van der Waals surface area contributed by atoms with Crippen LogP contribution in [-0.4, -0.2) is 18.4 Å². The van der Waals surface area contributed by atoms with Crippen LogP contribution in [-0.2, 0) is 11.2 Å². The number of rotatable bonds is 8. The molecule has 0 saturated carbocycles. The molecule has 0 radical (unpaired) electrons. The predicted molar refractivity (Wildman–Crippen MR) is 122 cm³/mol. The van der Waals surface area contributed by atoms with Crippen LogP contribution in [0.3, 0.4) is 0 Å². The molecule has 154 valence electrons. The van der Waals surface area contributed by atoms with Crippen molar-refractivity contribution in [2.24, 2.45) is 0 Å². The maximum Gasteiger partial charge on any atom is 0.251 e. The summed E-state index contributed by atoms with van der Waals surface area (Å²) in [5.41, 5.74) is 3.00. The maximum atomic E-state index is 12.8. The Hall–Kier alpha value is -3.11. The highest BCUT2D eigenvalue weighted by Gasteiger charge is 2.20. The van der Waals surface area contributed by atoms with Gasteiger partial charge < -0.3 is 10.6 Å². The van der Waals surface area contributed by atoms with Gasteiger partial charge in [-0.05, 0) is 42.2 Å². The van der Waals surface area contributed by atoms with Crippen LogP contribution in [0, 0.1) is 0 Å². The third-order valence-electron chi connectivity index (χ3n) is 4.96. The van der Waals surface area contributed by atoms with Crippen molar-refractivity contribution in [1.29, 1.82) is 0 Å². The molecule has 3 aromatic rings. The minimum atomic E-state index is -0.286. The zero-order chi connectivity index (χ0) is 21.3. The van der Waals surface area contributed by atoms with E-state index in [-0.39, 0.29) is 17.7 Å². The molecule has 0 fully saturated rings. The molecule has 1 unspecified atom stereocenters. The topological polar surface area (TPSA) is 58.2 Å². The van der Waals surface area contributed by atoms with Crippen LogP contribution in [0.2, 0.25) is 5.02 Å². The van der Waals surface area contributed by atoms with Crippen LogP contribution < -0.4 is 10.6 Å². The van der Waals surface area contributed by atoms with Crippen LogP contribution >= 0.6 is 11.6 Å². The Labute approximate surface area is 182 Å². The summed E-state index contributed by atoms with van der Waals surface area (Å²) in [5.74, 6) is -0.633. The fourth-order valence-corrected chi connectivity index (χ4v) is 3.47. The summed E-state index contributed by atoms with van der Waals surface area (Å²) < 4.78 is 0. The van der Waals surface area contributed by atoms with Gasteiger partial charge >= 0.3 is 0 Å². The summed E-state index contributed by atoms with van der Waals surface area (Å²) in [4.78, 5) is 25.4. The van der Waals surface area contributed by atoms with Crippen molar-refractivity contribution in [1.82, 2.24) is 5.32 Å². The summed E-state index contributed by atoms with van der Waals surface area (Å²) in [6, 6.07) is 24.5. The van der Waals surface area contributed by atoms with Gasteiger partial charge in [-0.1, -0.05) is 79.2 Å². The number of nitrogens with one attached hydrogen (secondary N) is 2. The van der Waals surface area contributed by atoms with Gasteiger partial charge in [-0.3, -0.25) is 9.59 Å². The Morgan fingerprint density at radius 3 is 2.27 bits per heavy atom. The number of hydrogen-bond acceptors (Lipinski definition) is 2. The van der Waals surface area contributed by atoms with Gasteiger partial charge in [-0.25, -0.2) is 0 Å². The third kappa shape index (κ3) is 5.71. The van der Waals surface area contributed by atoms with Crippen LogP contribution in [0.5, 0.6) is 0 Å². The average molecular weight is 421 g/mol. The van der Waals surface area contributed by atoms with E-state index in [0.29, 0.717) is 29.2 Å². The molecular weight excluding hydrogens is 396 g/mol. The van der Waals surface area contributed by atoms with E-state index in [1.165, 1.54) is 0 Å². The van der Waals surface area contributed by atoms with E-state index in [2.05, 4.69) is 10.6 Å². The van der Waals surface area contributed by atoms with Crippen LogP contribution in [0.4, 0.5) is 5.69 Å². The van der Waals surface area contributed by atoms with Crippen molar-refractivity contribution in [2.75, 3.05) is 11.9 Å². The predicted octanol–water partition coefficient (Wildman–Crippen LogP) is 5.44. The van der Waals surface area contributed by atoms with E-state index >= 15 is 0 Å². The van der Waals surface area contributed by atoms with E-state index in [9.17, 15) is 9.59 Å². The molecule has 0 aromatic heterocycles. The van der Waals surface area contributed by atoms with Crippen molar-refractivity contribution in [3.8, 4) is 0 Å². The molecule has 3 aromatic carbocycles. The molecule has 3 rings (SSSR count). The first kappa shape index (κ1) is 21.6. The van der Waals surface area contributed by atoms with E-state index in [0.717, 1.165) is 17.5 Å². The first-order valence-corrected chi connectivity index (χ1v) is 10.4. The number of halogens is 1. The highest BCUT2D eigenvalue weighted by Crippen LogP contribution is 2.26. The van der Waals surface area contributed by atoms with Crippen LogP contribution in [0.25, 0.3) is 0 Å². The monoisotopic (exact) mass is 420 g/mol. The first-order valence-electron chi connectivity index (χ1n) is 10.1. The van der Waals surface area contributed by atoms with E-state index in [1.807, 2.05) is 67.6 Å². The van der Waals surface area contributed by atoms with Crippen LogP contribution in [0.1, 0.15) is 40.7 Å². The normalized spacial score (nSPS) is 11.5.